The molecule has 0 bridgehead atoms. The van der Waals surface area contributed by atoms with Crippen molar-refractivity contribution in [1.29, 1.82) is 0 Å². The van der Waals surface area contributed by atoms with Crippen LogP contribution in [0.5, 0.6) is 0 Å². The van der Waals surface area contributed by atoms with Crippen LogP contribution in [0.2, 0.25) is 0 Å². The lowest BCUT2D eigenvalue weighted by atomic mass is 9.89. The van der Waals surface area contributed by atoms with E-state index in [1.165, 1.54) is 29.5 Å². The molecule has 1 fully saturated rings. The highest BCUT2D eigenvalue weighted by Crippen LogP contribution is 2.23. The molecule has 2 aromatic carbocycles. The van der Waals surface area contributed by atoms with E-state index in [1.54, 1.807) is 0 Å². The van der Waals surface area contributed by atoms with Gasteiger partial charge in [-0.25, -0.2) is 0 Å². The minimum absolute atomic E-state index is 0.0521. The molecule has 0 saturated carbocycles. The van der Waals surface area contributed by atoms with Gasteiger partial charge < -0.3 is 10.1 Å². The van der Waals surface area contributed by atoms with Crippen LogP contribution in [0.3, 0.4) is 0 Å². The summed E-state index contributed by atoms with van der Waals surface area (Å²) in [4.78, 5) is 27.4. The summed E-state index contributed by atoms with van der Waals surface area (Å²) in [6.45, 7) is 4.78. The third-order valence-electron chi connectivity index (χ3n) is 6.34. The SMILES string of the molecule is O=C(CCC(=O)c1ccc2c(c1)CCCC2)NCc1ccccc1CN1CCOCC1. The lowest BCUT2D eigenvalue weighted by Gasteiger charge is -2.27. The molecule has 2 aliphatic rings. The monoisotopic (exact) mass is 420 g/mol. The molecule has 1 heterocycles. The maximum Gasteiger partial charge on any atom is 0.220 e. The number of fused-ring (bicyclic) bond motifs is 1. The van der Waals surface area contributed by atoms with Gasteiger partial charge in [-0.2, -0.15) is 0 Å². The molecule has 4 rings (SSSR count). The number of Topliss-reactive ketones (excluding diaryl/α,β-unsaturated/α-hetero) is 1. The normalized spacial score (nSPS) is 16.5. The number of ketones is 1. The van der Waals surface area contributed by atoms with Crippen molar-refractivity contribution in [1.82, 2.24) is 10.2 Å². The van der Waals surface area contributed by atoms with Gasteiger partial charge in [0, 0.05) is 44.6 Å². The third-order valence-corrected chi connectivity index (χ3v) is 6.34. The van der Waals surface area contributed by atoms with Gasteiger partial charge in [-0.05, 0) is 54.0 Å². The van der Waals surface area contributed by atoms with Crippen LogP contribution >= 0.6 is 0 Å². The van der Waals surface area contributed by atoms with Gasteiger partial charge in [0.2, 0.25) is 5.91 Å². The maximum atomic E-state index is 12.6. The average Bonchev–Trinajstić information content (AvgIpc) is 2.82. The van der Waals surface area contributed by atoms with Gasteiger partial charge in [-0.1, -0.05) is 36.4 Å². The van der Waals surface area contributed by atoms with E-state index in [4.69, 9.17) is 4.74 Å². The molecule has 0 spiro atoms. The molecule has 1 saturated heterocycles. The number of nitrogens with zero attached hydrogens (tertiary/aromatic N) is 1. The second-order valence-electron chi connectivity index (χ2n) is 8.55. The van der Waals surface area contributed by atoms with E-state index in [0.29, 0.717) is 6.54 Å². The smallest absolute Gasteiger partial charge is 0.220 e. The van der Waals surface area contributed by atoms with Crippen LogP contribution in [-0.4, -0.2) is 42.9 Å². The fraction of sp³-hybridized carbons (Fsp3) is 0.462. The van der Waals surface area contributed by atoms with Crippen LogP contribution < -0.4 is 5.32 Å². The van der Waals surface area contributed by atoms with Gasteiger partial charge in [0.15, 0.2) is 5.78 Å². The Bertz CT molecular complexity index is 919. The summed E-state index contributed by atoms with van der Waals surface area (Å²) >= 11 is 0. The van der Waals surface area contributed by atoms with Crippen LogP contribution in [0.15, 0.2) is 42.5 Å². The van der Waals surface area contributed by atoms with E-state index in [2.05, 4.69) is 28.4 Å². The number of morpholine rings is 1. The summed E-state index contributed by atoms with van der Waals surface area (Å²) in [5.41, 5.74) is 5.78. The van der Waals surface area contributed by atoms with E-state index < -0.39 is 0 Å². The molecule has 0 aromatic heterocycles. The topological polar surface area (TPSA) is 58.6 Å². The Kier molecular flexibility index (Phi) is 7.49. The number of hydrogen-bond donors (Lipinski definition) is 1. The molecule has 1 amide bonds. The predicted octanol–water partition coefficient (Wildman–Crippen LogP) is 3.68. The van der Waals surface area contributed by atoms with Crippen molar-refractivity contribution in [2.75, 3.05) is 26.3 Å². The Morgan fingerprint density at radius 2 is 1.65 bits per heavy atom. The third kappa shape index (κ3) is 6.02. The fourth-order valence-electron chi connectivity index (χ4n) is 4.44. The zero-order chi connectivity index (χ0) is 21.5. The molecule has 0 radical (unpaired) electrons. The first-order valence-electron chi connectivity index (χ1n) is 11.5. The van der Waals surface area contributed by atoms with Gasteiger partial charge in [-0.15, -0.1) is 0 Å². The van der Waals surface area contributed by atoms with E-state index in [9.17, 15) is 9.59 Å². The standard InChI is InChI=1S/C26H32N2O3/c29-25(22-10-9-20-5-1-2-6-21(20)17-22)11-12-26(30)27-18-23-7-3-4-8-24(23)19-28-13-15-31-16-14-28/h3-4,7-10,17H,1-2,5-6,11-16,18-19H2,(H,27,30). The van der Waals surface area contributed by atoms with Crippen molar-refractivity contribution >= 4 is 11.7 Å². The van der Waals surface area contributed by atoms with Gasteiger partial charge in [0.05, 0.1) is 13.2 Å². The lowest BCUT2D eigenvalue weighted by Crippen LogP contribution is -2.36. The highest BCUT2D eigenvalue weighted by molar-refractivity contribution is 5.98. The number of nitrogens with one attached hydrogen (secondary N) is 1. The van der Waals surface area contributed by atoms with Crippen molar-refractivity contribution in [2.45, 2.75) is 51.6 Å². The van der Waals surface area contributed by atoms with E-state index in [1.807, 2.05) is 24.3 Å². The van der Waals surface area contributed by atoms with Gasteiger partial charge in [0.25, 0.3) is 0 Å². The van der Waals surface area contributed by atoms with E-state index in [-0.39, 0.29) is 24.5 Å². The number of amides is 1. The van der Waals surface area contributed by atoms with E-state index in [0.717, 1.165) is 56.8 Å². The molecule has 1 aliphatic carbocycles. The first kappa shape index (κ1) is 21.7. The molecule has 2 aromatic rings. The summed E-state index contributed by atoms with van der Waals surface area (Å²) in [5.74, 6) is -0.0243. The largest absolute Gasteiger partial charge is 0.379 e. The van der Waals surface area contributed by atoms with Crippen molar-refractivity contribution in [3.8, 4) is 0 Å². The second-order valence-corrected chi connectivity index (χ2v) is 8.55. The van der Waals surface area contributed by atoms with Crippen LogP contribution in [0, 0.1) is 0 Å². The minimum atomic E-state index is -0.0764. The Hall–Kier alpha value is -2.50. The molecule has 1 aliphatic heterocycles. The number of aryl methyl sites for hydroxylation is 2. The number of carbonyl (C=O) groups is 2. The first-order chi connectivity index (χ1) is 15.2. The average molecular weight is 421 g/mol. The fourth-order valence-corrected chi connectivity index (χ4v) is 4.44. The summed E-state index contributed by atoms with van der Waals surface area (Å²) in [6, 6.07) is 14.3. The zero-order valence-corrected chi connectivity index (χ0v) is 18.2. The molecule has 1 N–H and O–H groups in total. The van der Waals surface area contributed by atoms with Crippen molar-refractivity contribution < 1.29 is 14.3 Å². The highest BCUT2D eigenvalue weighted by Gasteiger charge is 2.15. The zero-order valence-electron chi connectivity index (χ0n) is 18.2. The van der Waals surface area contributed by atoms with Crippen molar-refractivity contribution in [3.63, 3.8) is 0 Å². The molecular weight excluding hydrogens is 388 g/mol. The first-order valence-corrected chi connectivity index (χ1v) is 11.5. The number of carbonyl (C=O) groups excluding carboxylic acids is 2. The Morgan fingerprint density at radius 3 is 2.45 bits per heavy atom. The number of hydrogen-bond acceptors (Lipinski definition) is 4. The molecule has 5 nitrogen and oxygen atoms in total. The summed E-state index contributed by atoms with van der Waals surface area (Å²) in [6.07, 6.45) is 5.07. The molecule has 164 valence electrons. The molecule has 0 unspecified atom stereocenters. The molecule has 0 atom stereocenters. The van der Waals surface area contributed by atoms with Crippen LogP contribution in [-0.2, 0) is 35.5 Å². The quantitative estimate of drug-likeness (QED) is 0.662. The maximum absolute atomic E-state index is 12.6. The Labute approximate surface area is 184 Å². The van der Waals surface area contributed by atoms with Crippen LogP contribution in [0.1, 0.15) is 58.3 Å². The Morgan fingerprint density at radius 1 is 0.903 bits per heavy atom. The predicted molar refractivity (Wildman–Crippen MR) is 121 cm³/mol. The van der Waals surface area contributed by atoms with Gasteiger partial charge in [0.1, 0.15) is 0 Å². The van der Waals surface area contributed by atoms with Crippen molar-refractivity contribution in [2.24, 2.45) is 0 Å². The second kappa shape index (κ2) is 10.7. The summed E-state index contributed by atoms with van der Waals surface area (Å²) in [7, 11) is 0. The molecule has 5 heteroatoms. The number of ether oxygens (including phenoxy) is 1. The lowest BCUT2D eigenvalue weighted by molar-refractivity contribution is -0.121. The Balaban J connectivity index is 1.26. The van der Waals surface area contributed by atoms with Crippen LogP contribution in [0.4, 0.5) is 0 Å². The minimum Gasteiger partial charge on any atom is -0.379 e. The van der Waals surface area contributed by atoms with Gasteiger partial charge in [-0.3, -0.25) is 14.5 Å². The highest BCUT2D eigenvalue weighted by atomic mass is 16.5. The summed E-state index contributed by atoms with van der Waals surface area (Å²) in [5, 5.41) is 3.00. The number of rotatable bonds is 8. The van der Waals surface area contributed by atoms with E-state index >= 15 is 0 Å². The van der Waals surface area contributed by atoms with Gasteiger partial charge >= 0.3 is 0 Å². The summed E-state index contributed by atoms with van der Waals surface area (Å²) < 4.78 is 5.43. The number of benzene rings is 2. The molecular formula is C26H32N2O3. The van der Waals surface area contributed by atoms with Crippen molar-refractivity contribution in [3.05, 3.63) is 70.3 Å². The molecule has 31 heavy (non-hydrogen) atoms. The van der Waals surface area contributed by atoms with Crippen LogP contribution in [0.25, 0.3) is 0 Å².